The first-order valence-corrected chi connectivity index (χ1v) is 7.50. The summed E-state index contributed by atoms with van der Waals surface area (Å²) in [5.41, 5.74) is 0. The Kier molecular flexibility index (Phi) is 3.03. The van der Waals surface area contributed by atoms with Crippen LogP contribution in [-0.2, 0) is 16.3 Å². The normalized spacial score (nSPS) is 25.3. The highest BCUT2D eigenvalue weighted by Crippen LogP contribution is 2.22. The number of hydrogen-bond acceptors (Lipinski definition) is 6. The van der Waals surface area contributed by atoms with Crippen LogP contribution in [0.1, 0.15) is 23.0 Å². The molecule has 1 unspecified atom stereocenters. The Morgan fingerprint density at radius 3 is 2.93 bits per heavy atom. The molecule has 0 saturated carbocycles. The largest absolute Gasteiger partial charge is 0.306 e. The van der Waals surface area contributed by atoms with Crippen LogP contribution in [0.15, 0.2) is 0 Å². The molecular formula is C8H13N3O2S2. The summed E-state index contributed by atoms with van der Waals surface area (Å²) in [6.45, 7) is 2.52. The van der Waals surface area contributed by atoms with Crippen LogP contribution in [0, 0.1) is 0 Å². The second kappa shape index (κ2) is 4.15. The molecule has 2 rings (SSSR count). The Balaban J connectivity index is 2.17. The van der Waals surface area contributed by atoms with Crippen molar-refractivity contribution in [3.63, 3.8) is 0 Å². The molecule has 0 amide bonds. The van der Waals surface area contributed by atoms with Gasteiger partial charge in [-0.1, -0.05) is 18.3 Å². The van der Waals surface area contributed by atoms with Gasteiger partial charge in [-0.3, -0.25) is 0 Å². The van der Waals surface area contributed by atoms with Crippen molar-refractivity contribution in [2.75, 3.05) is 18.1 Å². The van der Waals surface area contributed by atoms with E-state index in [2.05, 4.69) is 15.5 Å². The van der Waals surface area contributed by atoms with Crippen molar-refractivity contribution >= 4 is 21.2 Å². The first-order valence-electron chi connectivity index (χ1n) is 4.87. The molecule has 2 heterocycles. The van der Waals surface area contributed by atoms with Gasteiger partial charge in [0.25, 0.3) is 0 Å². The third-order valence-electron chi connectivity index (χ3n) is 2.31. The maximum absolute atomic E-state index is 11.4. The van der Waals surface area contributed by atoms with Crippen molar-refractivity contribution in [1.29, 1.82) is 0 Å². The second-order valence-electron chi connectivity index (χ2n) is 3.51. The molecule has 0 bridgehead atoms. The first-order chi connectivity index (χ1) is 7.11. The number of sulfone groups is 1. The molecule has 0 aromatic carbocycles. The lowest BCUT2D eigenvalue weighted by molar-refractivity contribution is 0.527. The Bertz CT molecular complexity index is 440. The van der Waals surface area contributed by atoms with E-state index >= 15 is 0 Å². The third kappa shape index (κ3) is 2.53. The zero-order chi connectivity index (χ0) is 10.9. The average molecular weight is 247 g/mol. The summed E-state index contributed by atoms with van der Waals surface area (Å²) in [6.07, 6.45) is 0.844. The SMILES string of the molecule is CCc1nnc(C2CS(=O)(=O)CCN2)s1. The molecule has 5 nitrogen and oxygen atoms in total. The molecule has 1 saturated heterocycles. The number of aromatic nitrogens is 2. The number of aryl methyl sites for hydroxylation is 1. The van der Waals surface area contributed by atoms with Crippen LogP contribution >= 0.6 is 11.3 Å². The Labute approximate surface area is 92.8 Å². The lowest BCUT2D eigenvalue weighted by atomic mass is 10.3. The molecule has 1 aromatic heterocycles. The van der Waals surface area contributed by atoms with Crippen LogP contribution in [0.3, 0.4) is 0 Å². The van der Waals surface area contributed by atoms with Crippen molar-refractivity contribution in [1.82, 2.24) is 15.5 Å². The average Bonchev–Trinajstić information content (AvgIpc) is 2.64. The quantitative estimate of drug-likeness (QED) is 0.806. The lowest BCUT2D eigenvalue weighted by Gasteiger charge is -2.21. The van der Waals surface area contributed by atoms with Gasteiger partial charge in [0.15, 0.2) is 9.84 Å². The Morgan fingerprint density at radius 1 is 1.53 bits per heavy atom. The van der Waals surface area contributed by atoms with Gasteiger partial charge in [-0.05, 0) is 6.42 Å². The van der Waals surface area contributed by atoms with Gasteiger partial charge in [0, 0.05) is 6.54 Å². The maximum atomic E-state index is 11.4. The fourth-order valence-electron chi connectivity index (χ4n) is 1.49. The molecule has 0 radical (unpaired) electrons. The van der Waals surface area contributed by atoms with Gasteiger partial charge >= 0.3 is 0 Å². The van der Waals surface area contributed by atoms with Crippen molar-refractivity contribution < 1.29 is 8.42 Å². The van der Waals surface area contributed by atoms with Crippen LogP contribution < -0.4 is 5.32 Å². The second-order valence-corrected chi connectivity index (χ2v) is 6.83. The fraction of sp³-hybridized carbons (Fsp3) is 0.750. The van der Waals surface area contributed by atoms with Crippen LogP contribution in [0.2, 0.25) is 0 Å². The zero-order valence-electron chi connectivity index (χ0n) is 8.43. The predicted molar refractivity (Wildman–Crippen MR) is 58.7 cm³/mol. The molecule has 84 valence electrons. The van der Waals surface area contributed by atoms with E-state index in [-0.39, 0.29) is 17.5 Å². The molecule has 1 N–H and O–H groups in total. The van der Waals surface area contributed by atoms with Crippen molar-refractivity contribution in [3.05, 3.63) is 10.0 Å². The summed E-state index contributed by atoms with van der Waals surface area (Å²) >= 11 is 1.49. The van der Waals surface area contributed by atoms with Crippen LogP contribution in [0.5, 0.6) is 0 Å². The minimum atomic E-state index is -2.90. The van der Waals surface area contributed by atoms with Gasteiger partial charge in [0.1, 0.15) is 10.0 Å². The van der Waals surface area contributed by atoms with Gasteiger partial charge in [-0.2, -0.15) is 0 Å². The molecule has 1 aromatic rings. The number of nitrogens with one attached hydrogen (secondary N) is 1. The maximum Gasteiger partial charge on any atom is 0.153 e. The summed E-state index contributed by atoms with van der Waals surface area (Å²) in [5.74, 6) is 0.369. The van der Waals surface area contributed by atoms with E-state index in [9.17, 15) is 8.42 Å². The van der Waals surface area contributed by atoms with E-state index < -0.39 is 9.84 Å². The molecule has 15 heavy (non-hydrogen) atoms. The van der Waals surface area contributed by atoms with Gasteiger partial charge < -0.3 is 5.32 Å². The number of rotatable bonds is 2. The van der Waals surface area contributed by atoms with Crippen LogP contribution in [0.4, 0.5) is 0 Å². The van der Waals surface area contributed by atoms with Gasteiger partial charge in [-0.25, -0.2) is 8.42 Å². The molecule has 7 heteroatoms. The van der Waals surface area contributed by atoms with Crippen molar-refractivity contribution in [2.45, 2.75) is 19.4 Å². The van der Waals surface area contributed by atoms with E-state index in [4.69, 9.17) is 0 Å². The van der Waals surface area contributed by atoms with E-state index in [1.807, 2.05) is 6.92 Å². The summed E-state index contributed by atoms with van der Waals surface area (Å²) in [6, 6.07) is -0.165. The van der Waals surface area contributed by atoms with E-state index in [1.165, 1.54) is 11.3 Å². The summed E-state index contributed by atoms with van der Waals surface area (Å²) < 4.78 is 22.9. The molecule has 0 aliphatic carbocycles. The molecule has 0 spiro atoms. The van der Waals surface area contributed by atoms with Gasteiger partial charge in [0.2, 0.25) is 0 Å². The Hall–Kier alpha value is -0.530. The van der Waals surface area contributed by atoms with Crippen LogP contribution in [-0.4, -0.2) is 36.7 Å². The number of nitrogens with zero attached hydrogens (tertiary/aromatic N) is 2. The minimum Gasteiger partial charge on any atom is -0.306 e. The predicted octanol–water partition coefficient (Wildman–Crippen LogP) is 0.160. The molecule has 1 aliphatic heterocycles. The molecule has 1 aliphatic rings. The number of hydrogen-bond donors (Lipinski definition) is 1. The van der Waals surface area contributed by atoms with Crippen LogP contribution in [0.25, 0.3) is 0 Å². The van der Waals surface area contributed by atoms with Gasteiger partial charge in [-0.15, -0.1) is 10.2 Å². The first kappa shape index (κ1) is 11.0. The Morgan fingerprint density at radius 2 is 2.33 bits per heavy atom. The zero-order valence-corrected chi connectivity index (χ0v) is 10.1. The fourth-order valence-corrected chi connectivity index (χ4v) is 3.84. The summed E-state index contributed by atoms with van der Waals surface area (Å²) in [5, 5.41) is 12.9. The van der Waals surface area contributed by atoms with E-state index in [0.717, 1.165) is 16.4 Å². The standard InChI is InChI=1S/C8H13N3O2S2/c1-2-7-10-11-8(14-7)6-5-15(12,13)4-3-9-6/h6,9H,2-5H2,1H3. The topological polar surface area (TPSA) is 72.0 Å². The monoisotopic (exact) mass is 247 g/mol. The minimum absolute atomic E-state index is 0.144. The highest BCUT2D eigenvalue weighted by Gasteiger charge is 2.27. The lowest BCUT2D eigenvalue weighted by Crippen LogP contribution is -2.39. The summed E-state index contributed by atoms with van der Waals surface area (Å²) in [7, 11) is -2.90. The highest BCUT2D eigenvalue weighted by molar-refractivity contribution is 7.91. The van der Waals surface area contributed by atoms with E-state index in [1.54, 1.807) is 0 Å². The molecule has 1 fully saturated rings. The van der Waals surface area contributed by atoms with Crippen molar-refractivity contribution in [2.24, 2.45) is 0 Å². The molecular weight excluding hydrogens is 234 g/mol. The molecule has 1 atom stereocenters. The highest BCUT2D eigenvalue weighted by atomic mass is 32.2. The van der Waals surface area contributed by atoms with Gasteiger partial charge in [0.05, 0.1) is 17.5 Å². The smallest absolute Gasteiger partial charge is 0.153 e. The van der Waals surface area contributed by atoms with Crippen molar-refractivity contribution in [3.8, 4) is 0 Å². The third-order valence-corrected chi connectivity index (χ3v) is 5.16. The van der Waals surface area contributed by atoms with E-state index in [0.29, 0.717) is 6.54 Å². The summed E-state index contributed by atoms with van der Waals surface area (Å²) in [4.78, 5) is 0.